The lowest BCUT2D eigenvalue weighted by atomic mass is 10.1. The minimum atomic E-state index is -4.36. The molecule has 94 valence electrons. The van der Waals surface area contributed by atoms with E-state index in [9.17, 15) is 18.0 Å². The first-order valence-electron chi connectivity index (χ1n) is 4.85. The lowest BCUT2D eigenvalue weighted by Gasteiger charge is -2.08. The van der Waals surface area contributed by atoms with Gasteiger partial charge in [-0.15, -0.1) is 0 Å². The van der Waals surface area contributed by atoms with Crippen molar-refractivity contribution in [2.75, 3.05) is 0 Å². The zero-order valence-corrected chi connectivity index (χ0v) is 10.4. The Bertz CT molecular complexity index is 541. The van der Waals surface area contributed by atoms with Crippen molar-refractivity contribution in [3.63, 3.8) is 0 Å². The molecule has 2 rings (SSSR count). The van der Waals surface area contributed by atoms with E-state index in [0.29, 0.717) is 10.0 Å². The van der Waals surface area contributed by atoms with Gasteiger partial charge in [0.25, 0.3) is 0 Å². The maximum atomic E-state index is 12.4. The summed E-state index contributed by atoms with van der Waals surface area (Å²) in [6.07, 6.45) is -1.68. The van der Waals surface area contributed by atoms with Crippen LogP contribution in [0, 0.1) is 0 Å². The van der Waals surface area contributed by atoms with Gasteiger partial charge in [0.15, 0.2) is 0 Å². The van der Waals surface area contributed by atoms with Gasteiger partial charge in [0, 0.05) is 6.08 Å². The highest BCUT2D eigenvalue weighted by atomic mass is 79.9. The van der Waals surface area contributed by atoms with E-state index in [0.717, 1.165) is 12.1 Å². The zero-order chi connectivity index (χ0) is 13.3. The first-order chi connectivity index (χ1) is 8.38. The van der Waals surface area contributed by atoms with Crippen molar-refractivity contribution in [1.29, 1.82) is 0 Å². The van der Waals surface area contributed by atoms with Crippen molar-refractivity contribution >= 4 is 26.4 Å². The second-order valence-corrected chi connectivity index (χ2v) is 4.30. The number of esters is 1. The van der Waals surface area contributed by atoms with E-state index in [4.69, 9.17) is 4.74 Å². The van der Waals surface area contributed by atoms with Gasteiger partial charge in [0.2, 0.25) is 0 Å². The molecule has 1 aromatic rings. The van der Waals surface area contributed by atoms with E-state index in [1.54, 1.807) is 0 Å². The van der Waals surface area contributed by atoms with Gasteiger partial charge in [-0.25, -0.2) is 4.79 Å². The topological polar surface area (TPSA) is 26.3 Å². The summed E-state index contributed by atoms with van der Waals surface area (Å²) in [5.74, 6) is -0.228. The highest BCUT2D eigenvalue weighted by Gasteiger charge is 2.30. The molecule has 0 aromatic heterocycles. The zero-order valence-electron chi connectivity index (χ0n) is 8.79. The van der Waals surface area contributed by atoms with Crippen LogP contribution in [-0.4, -0.2) is 5.97 Å². The lowest BCUT2D eigenvalue weighted by molar-refractivity contribution is -0.137. The smallest absolute Gasteiger partial charge is 0.416 e. The second-order valence-electron chi connectivity index (χ2n) is 3.51. The number of carbonyl (C=O) groups excluding carboxylic acids is 1. The monoisotopic (exact) mass is 318 g/mol. The Hall–Kier alpha value is -1.56. The van der Waals surface area contributed by atoms with Crippen LogP contribution in [0.1, 0.15) is 11.1 Å². The Labute approximate surface area is 109 Å². The molecule has 0 fully saturated rings. The number of benzene rings is 1. The molecule has 0 aliphatic carbocycles. The molecule has 1 aliphatic rings. The molecule has 0 N–H and O–H groups in total. The van der Waals surface area contributed by atoms with Crippen molar-refractivity contribution in [3.8, 4) is 0 Å². The molecule has 2 nitrogen and oxygen atoms in total. The van der Waals surface area contributed by atoms with Crippen molar-refractivity contribution in [2.45, 2.75) is 6.18 Å². The van der Waals surface area contributed by atoms with Crippen LogP contribution in [0.25, 0.3) is 4.48 Å². The molecule has 1 aromatic carbocycles. The van der Waals surface area contributed by atoms with E-state index in [1.165, 1.54) is 24.3 Å². The summed E-state index contributed by atoms with van der Waals surface area (Å²) in [7, 11) is 0. The number of hydrogen-bond donors (Lipinski definition) is 0. The predicted octanol–water partition coefficient (Wildman–Crippen LogP) is 3.88. The summed E-state index contributed by atoms with van der Waals surface area (Å²) < 4.78 is 42.4. The van der Waals surface area contributed by atoms with Gasteiger partial charge >= 0.3 is 12.1 Å². The quantitative estimate of drug-likeness (QED) is 0.734. The fourth-order valence-corrected chi connectivity index (χ4v) is 1.86. The maximum absolute atomic E-state index is 12.4. The summed E-state index contributed by atoms with van der Waals surface area (Å²) in [4.78, 5) is 10.9. The highest BCUT2D eigenvalue weighted by Crippen LogP contribution is 2.33. The van der Waals surface area contributed by atoms with Gasteiger partial charge in [-0.3, -0.25) is 0 Å². The average molecular weight is 319 g/mol. The van der Waals surface area contributed by atoms with Gasteiger partial charge in [0.05, 0.1) is 10.0 Å². The van der Waals surface area contributed by atoms with E-state index < -0.39 is 17.7 Å². The first-order valence-corrected chi connectivity index (χ1v) is 5.64. The molecule has 0 saturated heterocycles. The average Bonchev–Trinajstić information content (AvgIpc) is 2.74. The summed E-state index contributed by atoms with van der Waals surface area (Å²) in [6.45, 7) is 0. The van der Waals surface area contributed by atoms with Crippen LogP contribution in [0.15, 0.2) is 42.2 Å². The number of alkyl halides is 3. The van der Waals surface area contributed by atoms with Crippen LogP contribution in [0.4, 0.5) is 13.2 Å². The van der Waals surface area contributed by atoms with Crippen LogP contribution in [0.5, 0.6) is 0 Å². The molecule has 0 amide bonds. The number of halogens is 4. The maximum Gasteiger partial charge on any atom is 0.416 e. The molecule has 0 atom stereocenters. The minimum absolute atomic E-state index is 0.278. The van der Waals surface area contributed by atoms with Crippen LogP contribution in [-0.2, 0) is 15.7 Å². The fourth-order valence-electron chi connectivity index (χ4n) is 1.39. The Morgan fingerprint density at radius 3 is 2.17 bits per heavy atom. The highest BCUT2D eigenvalue weighted by molar-refractivity contribution is 9.15. The summed E-state index contributed by atoms with van der Waals surface area (Å²) in [5.41, 5.74) is -0.229. The van der Waals surface area contributed by atoms with E-state index in [1.807, 2.05) is 0 Å². The molecule has 18 heavy (non-hydrogen) atoms. The predicted molar refractivity (Wildman–Crippen MR) is 62.5 cm³/mol. The van der Waals surface area contributed by atoms with Crippen LogP contribution in [0.3, 0.4) is 0 Å². The van der Waals surface area contributed by atoms with Gasteiger partial charge in [-0.05, 0) is 39.7 Å². The van der Waals surface area contributed by atoms with Gasteiger partial charge in [-0.1, -0.05) is 12.1 Å². The van der Waals surface area contributed by atoms with Gasteiger partial charge in [0.1, 0.15) is 5.76 Å². The number of ether oxygens (including phenoxy) is 1. The molecular formula is C12H6BrF3O2. The van der Waals surface area contributed by atoms with E-state index in [-0.39, 0.29) is 5.76 Å². The number of carbonyl (C=O) groups is 1. The molecule has 0 unspecified atom stereocenters. The van der Waals surface area contributed by atoms with Gasteiger partial charge < -0.3 is 4.74 Å². The third-order valence-electron chi connectivity index (χ3n) is 2.26. The Balaban J connectivity index is 2.31. The third kappa shape index (κ3) is 2.64. The van der Waals surface area contributed by atoms with E-state index >= 15 is 0 Å². The SMILES string of the molecule is O=C1C=C/C(=C(/Br)c2ccc(C(F)(F)F)cc2)O1. The number of allylic oxidation sites excluding steroid dienone is 1. The standard InChI is InChI=1S/C12H6BrF3O2/c13-11(9-5-6-10(17)18-9)7-1-3-8(4-2-7)12(14,15)16/h1-6H/b11-9-. The molecule has 0 saturated carbocycles. The first kappa shape index (κ1) is 12.9. The summed E-state index contributed by atoms with van der Waals surface area (Å²) >= 11 is 3.19. The third-order valence-corrected chi connectivity index (χ3v) is 3.11. The van der Waals surface area contributed by atoms with Crippen LogP contribution in [0.2, 0.25) is 0 Å². The van der Waals surface area contributed by atoms with Crippen LogP contribution >= 0.6 is 15.9 Å². The number of cyclic esters (lactones) is 1. The normalized spacial score (nSPS) is 17.9. The fraction of sp³-hybridized carbons (Fsp3) is 0.0833. The molecule has 6 heteroatoms. The van der Waals surface area contributed by atoms with Crippen molar-refractivity contribution in [3.05, 3.63) is 53.3 Å². The second kappa shape index (κ2) is 4.61. The molecular weight excluding hydrogens is 313 g/mol. The van der Waals surface area contributed by atoms with Crippen molar-refractivity contribution in [2.24, 2.45) is 0 Å². The molecule has 0 bridgehead atoms. The summed E-state index contributed by atoms with van der Waals surface area (Å²) in [6, 6.07) is 4.55. The Morgan fingerprint density at radius 2 is 1.72 bits per heavy atom. The lowest BCUT2D eigenvalue weighted by Crippen LogP contribution is -2.04. The number of hydrogen-bond acceptors (Lipinski definition) is 2. The molecule has 0 radical (unpaired) electrons. The summed E-state index contributed by atoms with van der Waals surface area (Å²) in [5, 5.41) is 0. The number of rotatable bonds is 1. The Morgan fingerprint density at radius 1 is 1.11 bits per heavy atom. The van der Waals surface area contributed by atoms with E-state index in [2.05, 4.69) is 15.9 Å². The molecule has 1 aliphatic heterocycles. The van der Waals surface area contributed by atoms with Crippen molar-refractivity contribution < 1.29 is 22.7 Å². The minimum Gasteiger partial charge on any atom is -0.422 e. The van der Waals surface area contributed by atoms with Crippen molar-refractivity contribution in [1.82, 2.24) is 0 Å². The molecule has 0 spiro atoms. The largest absolute Gasteiger partial charge is 0.422 e. The van der Waals surface area contributed by atoms with Crippen LogP contribution < -0.4 is 0 Å². The Kier molecular flexibility index (Phi) is 3.30. The molecule has 1 heterocycles. The van der Waals surface area contributed by atoms with Gasteiger partial charge in [-0.2, -0.15) is 13.2 Å².